The number of hydrogen-bond donors (Lipinski definition) is 0. The maximum atomic E-state index is 5.34. The van der Waals surface area contributed by atoms with Crippen molar-refractivity contribution >= 4 is 96.9 Å². The summed E-state index contributed by atoms with van der Waals surface area (Å²) in [5.74, 6) is 2.09. The molecule has 0 unspecified atom stereocenters. The standard InChI is InChI=1S/2C20H24S.C10H18Si.C9H15N.C8H12O.C8H12S.C8H12Se/c2*1-9-11(3)15(7)19-17(13(9)5)18-14(6)10(2)12(4)16(8)20(18)21-19;1-7-8(2)10(4)11(5,6)9(7)3;1-6-7(2)9(4)10(5)8(6)3;3*1-5-6(2)8(4)9-7(5)3/h2*1-8H3;1-6H3;1-5H3;3*1-4H3. The van der Waals surface area contributed by atoms with Crippen LogP contribution in [0.4, 0.5) is 0 Å². The minimum Gasteiger partial charge on any atom is -0.466 e. The Morgan fingerprint density at radius 1 is 0.267 bits per heavy atom. The van der Waals surface area contributed by atoms with Crippen molar-refractivity contribution in [2.45, 2.75) is 262 Å². The van der Waals surface area contributed by atoms with Gasteiger partial charge < -0.3 is 8.98 Å². The van der Waals surface area contributed by atoms with E-state index in [1.54, 1.807) is 30.4 Å². The summed E-state index contributed by atoms with van der Waals surface area (Å²) in [6.45, 7) is 84.9. The molecule has 6 aromatic heterocycles. The van der Waals surface area contributed by atoms with Gasteiger partial charge in [0.1, 0.15) is 19.6 Å². The fraction of sp³-hybridized carbons (Fsp3) is 0.470. The van der Waals surface area contributed by atoms with E-state index in [9.17, 15) is 0 Å². The Morgan fingerprint density at radius 2 is 0.500 bits per heavy atom. The number of fused-ring (bicyclic) bond motifs is 6. The summed E-state index contributed by atoms with van der Waals surface area (Å²) in [6, 6.07) is 0. The third kappa shape index (κ3) is 14.2. The number of aryl methyl sites for hydroxylation is 14. The van der Waals surface area contributed by atoms with Crippen LogP contribution < -0.4 is 0 Å². The minimum absolute atomic E-state index is 0.689. The summed E-state index contributed by atoms with van der Waals surface area (Å²) in [5.41, 5.74) is 40.6. The Hall–Kier alpha value is -4.72. The number of allylic oxidation sites excluding steroid dienone is 4. The molecule has 0 aliphatic carbocycles. The maximum Gasteiger partial charge on any atom is 0.104 e. The molecule has 0 amide bonds. The molecule has 0 spiro atoms. The number of furan rings is 1. The molecular formula is C83H117NOS3SeSi. The molecule has 0 N–H and O–H groups in total. The van der Waals surface area contributed by atoms with Crippen LogP contribution in [0.1, 0.15) is 203 Å². The van der Waals surface area contributed by atoms with Gasteiger partial charge in [-0.1, -0.05) is 34.6 Å². The van der Waals surface area contributed by atoms with E-state index in [4.69, 9.17) is 4.42 Å². The fourth-order valence-corrected chi connectivity index (χ4v) is 22.0. The van der Waals surface area contributed by atoms with Crippen LogP contribution in [0.5, 0.6) is 0 Å². The summed E-state index contributed by atoms with van der Waals surface area (Å²) >= 11 is 6.56. The van der Waals surface area contributed by atoms with E-state index in [-0.39, 0.29) is 0 Å². The summed E-state index contributed by atoms with van der Waals surface area (Å²) in [4.78, 5) is 2.93. The molecule has 0 fully saturated rings. The Morgan fingerprint density at radius 3 is 0.633 bits per heavy atom. The smallest absolute Gasteiger partial charge is 0.104 e. The molecule has 90 heavy (non-hydrogen) atoms. The van der Waals surface area contributed by atoms with Crippen LogP contribution in [-0.4, -0.2) is 27.1 Å². The monoisotopic (exact) mass is 1350 g/mol. The first-order chi connectivity index (χ1) is 41.4. The Bertz CT molecular complexity index is 3890. The third-order valence-electron chi connectivity index (χ3n) is 23.4. The molecule has 0 saturated carbocycles. The van der Waals surface area contributed by atoms with Gasteiger partial charge in [0.15, 0.2) is 0 Å². The van der Waals surface area contributed by atoms with E-state index in [1.807, 2.05) is 47.9 Å². The van der Waals surface area contributed by atoms with Crippen LogP contribution in [0.25, 0.3) is 40.3 Å². The van der Waals surface area contributed by atoms with Crippen LogP contribution in [-0.2, 0) is 7.05 Å². The quantitative estimate of drug-likeness (QED) is 0.138. The van der Waals surface area contributed by atoms with Crippen molar-refractivity contribution in [3.8, 4) is 0 Å². The third-order valence-corrected chi connectivity index (χ3v) is 34.6. The molecule has 1 aliphatic heterocycles. The van der Waals surface area contributed by atoms with Crippen LogP contribution in [0, 0.1) is 222 Å². The van der Waals surface area contributed by atoms with Crippen molar-refractivity contribution in [3.63, 3.8) is 0 Å². The predicted molar refractivity (Wildman–Crippen MR) is 416 cm³/mol. The van der Waals surface area contributed by atoms with Crippen molar-refractivity contribution in [1.29, 1.82) is 0 Å². The van der Waals surface area contributed by atoms with Crippen LogP contribution in [0.3, 0.4) is 0 Å². The van der Waals surface area contributed by atoms with E-state index in [1.165, 1.54) is 195 Å². The second-order valence-corrected chi connectivity index (χ2v) is 38.7. The van der Waals surface area contributed by atoms with Gasteiger partial charge in [0, 0.05) is 68.5 Å². The van der Waals surface area contributed by atoms with E-state index in [2.05, 4.69) is 260 Å². The van der Waals surface area contributed by atoms with Gasteiger partial charge in [0.05, 0.1) is 0 Å². The van der Waals surface area contributed by atoms with E-state index >= 15 is 0 Å². The van der Waals surface area contributed by atoms with Gasteiger partial charge in [-0.15, -0.1) is 34.0 Å². The molecule has 11 rings (SSSR count). The molecule has 0 saturated heterocycles. The Kier molecular flexibility index (Phi) is 24.7. The zero-order chi connectivity index (χ0) is 69.0. The van der Waals surface area contributed by atoms with E-state index in [0.717, 1.165) is 11.5 Å². The number of hydrogen-bond acceptors (Lipinski definition) is 4. The van der Waals surface area contributed by atoms with Gasteiger partial charge in [0.2, 0.25) is 0 Å². The minimum atomic E-state index is -1.11. The second kappa shape index (κ2) is 29.3. The molecule has 0 atom stereocenters. The Balaban J connectivity index is 0.000000198. The molecule has 4 aromatic carbocycles. The zero-order valence-electron chi connectivity index (χ0n) is 64.0. The molecule has 7 heteroatoms. The van der Waals surface area contributed by atoms with Gasteiger partial charge in [-0.2, -0.15) is 0 Å². The first-order valence-electron chi connectivity index (χ1n) is 32.7. The van der Waals surface area contributed by atoms with Gasteiger partial charge in [-0.05, 0) is 344 Å². The summed E-state index contributed by atoms with van der Waals surface area (Å²) in [5, 5.41) is 9.34. The molecule has 488 valence electrons. The fourth-order valence-electron chi connectivity index (χ4n) is 12.8. The first-order valence-corrected chi connectivity index (χ1v) is 39.8. The first kappa shape index (κ1) is 76.0. The van der Waals surface area contributed by atoms with Gasteiger partial charge in [0.25, 0.3) is 0 Å². The number of rotatable bonds is 0. The molecule has 2 nitrogen and oxygen atoms in total. The van der Waals surface area contributed by atoms with Crippen molar-refractivity contribution in [2.24, 2.45) is 7.05 Å². The van der Waals surface area contributed by atoms with Crippen molar-refractivity contribution < 1.29 is 4.42 Å². The summed E-state index contributed by atoms with van der Waals surface area (Å²) in [6.07, 6.45) is 0. The molecule has 1 aliphatic rings. The summed E-state index contributed by atoms with van der Waals surface area (Å²) < 4.78 is 16.8. The largest absolute Gasteiger partial charge is 0.466 e. The van der Waals surface area contributed by atoms with Crippen LogP contribution in [0.2, 0.25) is 13.1 Å². The summed E-state index contributed by atoms with van der Waals surface area (Å²) in [7, 11) is 1.00. The number of thiophene rings is 3. The van der Waals surface area contributed by atoms with Gasteiger partial charge in [-0.25, -0.2) is 0 Å². The molecule has 0 bridgehead atoms. The number of aromatic nitrogens is 1. The number of nitrogens with zero attached hydrogens (tertiary/aromatic N) is 1. The topological polar surface area (TPSA) is 18.1 Å². The van der Waals surface area contributed by atoms with Crippen molar-refractivity contribution in [1.82, 2.24) is 4.57 Å². The predicted octanol–water partition coefficient (Wildman–Crippen LogP) is 26.2. The average molecular weight is 1350 g/mol. The zero-order valence-corrected chi connectivity index (χ0v) is 69.2. The van der Waals surface area contributed by atoms with E-state index in [0.29, 0.717) is 14.5 Å². The van der Waals surface area contributed by atoms with Gasteiger partial charge >= 0.3 is 62.2 Å². The van der Waals surface area contributed by atoms with Gasteiger partial charge in [-0.3, -0.25) is 0 Å². The van der Waals surface area contributed by atoms with Crippen LogP contribution in [0.15, 0.2) is 26.0 Å². The molecule has 10 aromatic rings. The molecule has 0 radical (unpaired) electrons. The maximum absolute atomic E-state index is 5.34. The van der Waals surface area contributed by atoms with Crippen molar-refractivity contribution in [3.05, 3.63) is 197 Å². The number of benzene rings is 4. The van der Waals surface area contributed by atoms with Crippen LogP contribution >= 0.6 is 34.0 Å². The normalized spacial score (nSPS) is 12.6. The van der Waals surface area contributed by atoms with E-state index < -0.39 is 8.07 Å². The van der Waals surface area contributed by atoms with Crippen molar-refractivity contribution in [2.75, 3.05) is 0 Å². The average Bonchev–Trinajstić information content (AvgIpc) is 1.56. The molecule has 7 heterocycles. The molecular weight excluding hydrogens is 1230 g/mol. The Labute approximate surface area is 567 Å². The second-order valence-electron chi connectivity index (χ2n) is 27.5. The SMILES string of the molecule is CC1=C(C)[Si](C)(C)C(C)=C1C.Cc1[se]c(C)c(C)c1C.Cc1c(C)c(C)c2c(sc3c(C)c(C)c(C)c(C)c32)c1C.Cc1c(C)c(C)c2c(sc3c(C)c(C)c(C)c(C)c32)c1C.Cc1c(C)c(C)n(C)c1C.Cc1oc(C)c(C)c1C.Cc1sc(C)c(C)c1C.